The molecule has 2 rings (SSSR count). The molecule has 124 valence electrons. The maximum atomic E-state index is 12.5. The molecule has 0 heterocycles. The second kappa shape index (κ2) is 7.40. The largest absolute Gasteiger partial charge is 0.497 e. The van der Waals surface area contributed by atoms with E-state index >= 15 is 0 Å². The molecule has 0 saturated heterocycles. The molecule has 1 N–H and O–H groups in total. The third-order valence-electron chi connectivity index (χ3n) is 3.14. The van der Waals surface area contributed by atoms with Gasteiger partial charge in [-0.3, -0.25) is 0 Å². The summed E-state index contributed by atoms with van der Waals surface area (Å²) in [6.07, 6.45) is 0. The number of rotatable bonds is 6. The Kier molecular flexibility index (Phi) is 5.75. The molecule has 0 fully saturated rings. The number of nitrogens with one attached hydrogen (secondary N) is 1. The molecule has 0 saturated carbocycles. The second-order valence-electron chi connectivity index (χ2n) is 4.55. The third-order valence-corrected chi connectivity index (χ3v) is 5.43. The zero-order valence-corrected chi connectivity index (χ0v) is 14.8. The third kappa shape index (κ3) is 4.09. The van der Waals surface area contributed by atoms with Gasteiger partial charge in [-0.2, -0.15) is 0 Å². The molecule has 0 atom stereocenters. The van der Waals surface area contributed by atoms with Crippen LogP contribution in [0.25, 0.3) is 0 Å². The molecular weight excluding hydrogens is 361 g/mol. The second-order valence-corrected chi connectivity index (χ2v) is 7.07. The number of hydrogen-bond donors (Lipinski definition) is 1. The number of halogens is 2. The van der Waals surface area contributed by atoms with Crippen molar-refractivity contribution in [2.24, 2.45) is 0 Å². The molecular formula is C15H15Cl2NO4S. The summed E-state index contributed by atoms with van der Waals surface area (Å²) in [5.74, 6) is 0.627. The van der Waals surface area contributed by atoms with Gasteiger partial charge in [0, 0.05) is 12.6 Å². The van der Waals surface area contributed by atoms with Crippen molar-refractivity contribution in [2.45, 2.75) is 11.4 Å². The van der Waals surface area contributed by atoms with Crippen LogP contribution in [0.5, 0.6) is 11.5 Å². The molecule has 23 heavy (non-hydrogen) atoms. The Labute approximate surface area is 145 Å². The molecule has 0 aromatic heterocycles. The average Bonchev–Trinajstić information content (AvgIpc) is 2.55. The van der Waals surface area contributed by atoms with Crippen LogP contribution >= 0.6 is 23.2 Å². The molecule has 2 aromatic rings. The maximum Gasteiger partial charge on any atom is 0.244 e. The van der Waals surface area contributed by atoms with Gasteiger partial charge in [0.15, 0.2) is 0 Å². The van der Waals surface area contributed by atoms with E-state index in [-0.39, 0.29) is 17.2 Å². The van der Waals surface area contributed by atoms with Gasteiger partial charge in [-0.1, -0.05) is 35.3 Å². The fourth-order valence-electron chi connectivity index (χ4n) is 1.93. The highest BCUT2D eigenvalue weighted by Crippen LogP contribution is 2.29. The molecule has 8 heteroatoms. The van der Waals surface area contributed by atoms with Crippen molar-refractivity contribution in [1.82, 2.24) is 4.72 Å². The molecule has 0 amide bonds. The van der Waals surface area contributed by atoms with Crippen molar-refractivity contribution in [3.8, 4) is 11.5 Å². The monoisotopic (exact) mass is 375 g/mol. The number of hydrogen-bond acceptors (Lipinski definition) is 4. The number of benzene rings is 2. The molecule has 0 spiro atoms. The minimum Gasteiger partial charge on any atom is -0.497 e. The van der Waals surface area contributed by atoms with E-state index in [0.29, 0.717) is 21.4 Å². The zero-order valence-electron chi connectivity index (χ0n) is 12.5. The van der Waals surface area contributed by atoms with Crippen LogP contribution in [-0.2, 0) is 16.6 Å². The van der Waals surface area contributed by atoms with Gasteiger partial charge >= 0.3 is 0 Å². The summed E-state index contributed by atoms with van der Waals surface area (Å²) in [6, 6.07) is 9.56. The van der Waals surface area contributed by atoms with Crippen molar-refractivity contribution in [1.29, 1.82) is 0 Å². The van der Waals surface area contributed by atoms with Gasteiger partial charge < -0.3 is 9.47 Å². The Morgan fingerprint density at radius 1 is 1.09 bits per heavy atom. The van der Waals surface area contributed by atoms with Crippen LogP contribution in [0.2, 0.25) is 10.0 Å². The van der Waals surface area contributed by atoms with Crippen LogP contribution in [0.15, 0.2) is 41.3 Å². The van der Waals surface area contributed by atoms with Crippen molar-refractivity contribution >= 4 is 33.2 Å². The van der Waals surface area contributed by atoms with Crippen LogP contribution < -0.4 is 14.2 Å². The van der Waals surface area contributed by atoms with Crippen LogP contribution in [0.4, 0.5) is 0 Å². The SMILES string of the molecule is COc1ccc(OC)c(S(=O)(=O)NCc2cccc(Cl)c2Cl)c1. The highest BCUT2D eigenvalue weighted by atomic mass is 35.5. The number of sulfonamides is 1. The Morgan fingerprint density at radius 3 is 2.48 bits per heavy atom. The van der Waals surface area contributed by atoms with Crippen LogP contribution in [0.3, 0.4) is 0 Å². The van der Waals surface area contributed by atoms with E-state index in [4.69, 9.17) is 32.7 Å². The first-order chi connectivity index (χ1) is 10.9. The summed E-state index contributed by atoms with van der Waals surface area (Å²) < 4.78 is 37.7. The lowest BCUT2D eigenvalue weighted by molar-refractivity contribution is 0.392. The lowest BCUT2D eigenvalue weighted by Gasteiger charge is -2.13. The van der Waals surface area contributed by atoms with Gasteiger partial charge in [-0.05, 0) is 23.8 Å². The predicted octanol–water partition coefficient (Wildman–Crippen LogP) is 3.49. The Morgan fingerprint density at radius 2 is 1.83 bits per heavy atom. The normalized spacial score (nSPS) is 11.3. The Hall–Kier alpha value is -1.47. The zero-order chi connectivity index (χ0) is 17.0. The smallest absolute Gasteiger partial charge is 0.244 e. The van der Waals surface area contributed by atoms with E-state index in [9.17, 15) is 8.42 Å². The van der Waals surface area contributed by atoms with Crippen LogP contribution in [0, 0.1) is 0 Å². The lowest BCUT2D eigenvalue weighted by atomic mass is 10.2. The quantitative estimate of drug-likeness (QED) is 0.838. The molecule has 0 radical (unpaired) electrons. The van der Waals surface area contributed by atoms with Gasteiger partial charge in [0.05, 0.1) is 24.3 Å². The Balaban J connectivity index is 2.30. The van der Waals surface area contributed by atoms with E-state index in [0.717, 1.165) is 0 Å². The first-order valence-electron chi connectivity index (χ1n) is 6.53. The number of ether oxygens (including phenoxy) is 2. The molecule has 0 unspecified atom stereocenters. The molecule has 0 aliphatic rings. The summed E-state index contributed by atoms with van der Waals surface area (Å²) in [7, 11) is -0.967. The minimum absolute atomic E-state index is 0.00207. The number of methoxy groups -OCH3 is 2. The van der Waals surface area contributed by atoms with E-state index < -0.39 is 10.0 Å². The van der Waals surface area contributed by atoms with E-state index in [1.807, 2.05) is 0 Å². The van der Waals surface area contributed by atoms with Gasteiger partial charge in [0.1, 0.15) is 16.4 Å². The first kappa shape index (κ1) is 17.9. The minimum atomic E-state index is -3.82. The van der Waals surface area contributed by atoms with Gasteiger partial charge in [-0.15, -0.1) is 0 Å². The van der Waals surface area contributed by atoms with E-state index in [1.54, 1.807) is 24.3 Å². The van der Waals surface area contributed by atoms with Gasteiger partial charge in [-0.25, -0.2) is 13.1 Å². The highest BCUT2D eigenvalue weighted by Gasteiger charge is 2.21. The first-order valence-corrected chi connectivity index (χ1v) is 8.77. The molecule has 5 nitrogen and oxygen atoms in total. The summed E-state index contributed by atoms with van der Waals surface area (Å²) in [6.45, 7) is 0.00207. The molecule has 0 aliphatic heterocycles. The van der Waals surface area contributed by atoms with E-state index in [2.05, 4.69) is 4.72 Å². The Bertz CT molecular complexity index is 809. The fraction of sp³-hybridized carbons (Fsp3) is 0.200. The summed E-state index contributed by atoms with van der Waals surface area (Å²) >= 11 is 12.0. The lowest BCUT2D eigenvalue weighted by Crippen LogP contribution is -2.24. The average molecular weight is 376 g/mol. The molecule has 2 aromatic carbocycles. The predicted molar refractivity (Wildman–Crippen MR) is 90.0 cm³/mol. The van der Waals surface area contributed by atoms with Crippen molar-refractivity contribution in [3.63, 3.8) is 0 Å². The highest BCUT2D eigenvalue weighted by molar-refractivity contribution is 7.89. The summed E-state index contributed by atoms with van der Waals surface area (Å²) in [5, 5.41) is 0.678. The van der Waals surface area contributed by atoms with Gasteiger partial charge in [0.25, 0.3) is 0 Å². The molecule has 0 bridgehead atoms. The van der Waals surface area contributed by atoms with Crippen LogP contribution in [0.1, 0.15) is 5.56 Å². The van der Waals surface area contributed by atoms with Gasteiger partial charge in [0.2, 0.25) is 10.0 Å². The summed E-state index contributed by atoms with van der Waals surface area (Å²) in [5.41, 5.74) is 0.574. The maximum absolute atomic E-state index is 12.5. The fourth-order valence-corrected chi connectivity index (χ4v) is 3.50. The van der Waals surface area contributed by atoms with Crippen molar-refractivity contribution in [3.05, 3.63) is 52.0 Å². The van der Waals surface area contributed by atoms with Crippen molar-refractivity contribution in [2.75, 3.05) is 14.2 Å². The van der Waals surface area contributed by atoms with Crippen LogP contribution in [-0.4, -0.2) is 22.6 Å². The summed E-state index contributed by atoms with van der Waals surface area (Å²) in [4.78, 5) is -0.0162. The molecule has 0 aliphatic carbocycles. The van der Waals surface area contributed by atoms with Crippen molar-refractivity contribution < 1.29 is 17.9 Å². The topological polar surface area (TPSA) is 64.6 Å². The standard InChI is InChI=1S/C15H15Cl2NO4S/c1-21-11-6-7-13(22-2)14(8-11)23(19,20)18-9-10-4-3-5-12(16)15(10)17/h3-8,18H,9H2,1-2H3. The van der Waals surface area contributed by atoms with E-state index in [1.165, 1.54) is 26.4 Å².